The van der Waals surface area contributed by atoms with Gasteiger partial charge in [0.2, 0.25) is 0 Å². The van der Waals surface area contributed by atoms with Crippen LogP contribution in [0.5, 0.6) is 0 Å². The summed E-state index contributed by atoms with van der Waals surface area (Å²) in [5.74, 6) is 0. The van der Waals surface area contributed by atoms with E-state index in [1.165, 1.54) is 0 Å². The molecule has 1 amide bonds. The van der Waals surface area contributed by atoms with Crippen molar-refractivity contribution < 1.29 is 14.7 Å². The van der Waals surface area contributed by atoms with Crippen molar-refractivity contribution in [3.05, 3.63) is 0 Å². The number of hydrogen-bond acceptors (Lipinski definition) is 5. The van der Waals surface area contributed by atoms with Crippen LogP contribution in [0, 0.1) is 0 Å². The highest BCUT2D eigenvalue weighted by Crippen LogP contribution is 2.04. The fourth-order valence-electron chi connectivity index (χ4n) is 1.74. The van der Waals surface area contributed by atoms with Crippen LogP contribution in [0.3, 0.4) is 0 Å². The quantitative estimate of drug-likeness (QED) is 0.454. The summed E-state index contributed by atoms with van der Waals surface area (Å²) in [6.07, 6.45) is 0.538. The Morgan fingerprint density at radius 2 is 2.00 bits per heavy atom. The fourth-order valence-corrected chi connectivity index (χ4v) is 1.74. The Morgan fingerprint density at radius 3 is 2.53 bits per heavy atom. The molecule has 1 aliphatic heterocycles. The Labute approximate surface area is 102 Å². The molecule has 0 radical (unpaired) electrons. The van der Waals surface area contributed by atoms with E-state index in [2.05, 4.69) is 10.1 Å². The van der Waals surface area contributed by atoms with Crippen LogP contribution in [0.4, 0.5) is 4.79 Å². The average molecular weight is 243 g/mol. The molecule has 0 aromatic carbocycles. The molecule has 1 N–H and O–H groups in total. The summed E-state index contributed by atoms with van der Waals surface area (Å²) in [6.45, 7) is 8.00. The highest BCUT2D eigenvalue weighted by Gasteiger charge is 2.21. The second-order valence-electron chi connectivity index (χ2n) is 4.11. The summed E-state index contributed by atoms with van der Waals surface area (Å²) in [6, 6.07) is 0. The first kappa shape index (κ1) is 13.8. The normalized spacial score (nSPS) is 18.2. The minimum Gasteiger partial charge on any atom is -0.450 e. The van der Waals surface area contributed by atoms with Crippen LogP contribution in [-0.4, -0.2) is 66.1 Å². The molecule has 1 aliphatic rings. The molecule has 0 aromatic heterocycles. The van der Waals surface area contributed by atoms with Gasteiger partial charge in [-0.25, -0.2) is 4.79 Å². The summed E-state index contributed by atoms with van der Waals surface area (Å²) in [7, 11) is 0. The Hall–Kier alpha value is -1.30. The summed E-state index contributed by atoms with van der Waals surface area (Å²) < 4.78 is 4.95. The van der Waals surface area contributed by atoms with Crippen molar-refractivity contribution in [1.82, 2.24) is 9.80 Å². The second kappa shape index (κ2) is 7.11. The zero-order valence-corrected chi connectivity index (χ0v) is 10.6. The van der Waals surface area contributed by atoms with E-state index in [4.69, 9.17) is 9.94 Å². The molecule has 0 spiro atoms. The third-order valence-corrected chi connectivity index (χ3v) is 2.86. The molecule has 0 aromatic rings. The van der Waals surface area contributed by atoms with Gasteiger partial charge in [0.1, 0.15) is 0 Å². The monoisotopic (exact) mass is 243 g/mol. The molecule has 1 rings (SSSR count). The van der Waals surface area contributed by atoms with Crippen LogP contribution in [0.15, 0.2) is 5.16 Å². The van der Waals surface area contributed by atoms with Gasteiger partial charge in [-0.2, -0.15) is 0 Å². The molecular weight excluding hydrogens is 222 g/mol. The van der Waals surface area contributed by atoms with Crippen molar-refractivity contribution in [3.8, 4) is 0 Å². The molecule has 0 atom stereocenters. The van der Waals surface area contributed by atoms with Gasteiger partial charge in [0.25, 0.3) is 0 Å². The van der Waals surface area contributed by atoms with Crippen LogP contribution >= 0.6 is 0 Å². The maximum atomic E-state index is 11.5. The molecule has 0 bridgehead atoms. The van der Waals surface area contributed by atoms with Crippen LogP contribution in [0.1, 0.15) is 20.3 Å². The van der Waals surface area contributed by atoms with Gasteiger partial charge in [-0.05, 0) is 13.8 Å². The average Bonchev–Trinajstić information content (AvgIpc) is 2.36. The lowest BCUT2D eigenvalue weighted by Crippen LogP contribution is -2.49. The van der Waals surface area contributed by atoms with Gasteiger partial charge in [0, 0.05) is 39.1 Å². The number of piperazine rings is 1. The van der Waals surface area contributed by atoms with Crippen molar-refractivity contribution in [2.75, 3.05) is 39.3 Å². The molecular formula is C11H21N3O3. The first-order valence-corrected chi connectivity index (χ1v) is 5.99. The minimum absolute atomic E-state index is 0.222. The van der Waals surface area contributed by atoms with Gasteiger partial charge in [-0.1, -0.05) is 5.16 Å². The smallest absolute Gasteiger partial charge is 0.409 e. The highest BCUT2D eigenvalue weighted by molar-refractivity contribution is 5.81. The largest absolute Gasteiger partial charge is 0.450 e. The maximum absolute atomic E-state index is 11.5. The first-order chi connectivity index (χ1) is 8.17. The number of carbonyl (C=O) groups excluding carboxylic acids is 1. The Balaban J connectivity index is 2.24. The van der Waals surface area contributed by atoms with Crippen LogP contribution in [-0.2, 0) is 4.74 Å². The van der Waals surface area contributed by atoms with E-state index in [0.29, 0.717) is 19.7 Å². The zero-order valence-electron chi connectivity index (χ0n) is 10.6. The molecule has 1 fully saturated rings. The SMILES string of the molecule is CCOC(=O)N1CCN(CCC(C)=NO)CC1. The molecule has 0 saturated carbocycles. The van der Waals surface area contributed by atoms with E-state index in [1.807, 2.05) is 6.92 Å². The summed E-state index contributed by atoms with van der Waals surface area (Å²) in [5.41, 5.74) is 0.734. The third-order valence-electron chi connectivity index (χ3n) is 2.86. The minimum atomic E-state index is -0.222. The molecule has 1 saturated heterocycles. The summed E-state index contributed by atoms with van der Waals surface area (Å²) >= 11 is 0. The van der Waals surface area contributed by atoms with E-state index in [-0.39, 0.29) is 6.09 Å². The number of carbonyl (C=O) groups is 1. The molecule has 1 heterocycles. The van der Waals surface area contributed by atoms with Crippen molar-refractivity contribution >= 4 is 11.8 Å². The first-order valence-electron chi connectivity index (χ1n) is 5.99. The van der Waals surface area contributed by atoms with Crippen molar-refractivity contribution in [3.63, 3.8) is 0 Å². The number of oxime groups is 1. The van der Waals surface area contributed by atoms with Crippen molar-refractivity contribution in [2.24, 2.45) is 5.16 Å². The van der Waals surface area contributed by atoms with Gasteiger partial charge in [0.15, 0.2) is 0 Å². The molecule has 98 valence electrons. The van der Waals surface area contributed by atoms with Crippen LogP contribution in [0.2, 0.25) is 0 Å². The van der Waals surface area contributed by atoms with Gasteiger partial charge in [-0.3, -0.25) is 4.90 Å². The molecule has 17 heavy (non-hydrogen) atoms. The number of nitrogens with zero attached hydrogens (tertiary/aromatic N) is 3. The lowest BCUT2D eigenvalue weighted by molar-refractivity contribution is 0.0803. The van der Waals surface area contributed by atoms with E-state index >= 15 is 0 Å². The number of rotatable bonds is 4. The molecule has 0 unspecified atom stereocenters. The zero-order chi connectivity index (χ0) is 12.7. The third kappa shape index (κ3) is 4.60. The summed E-state index contributed by atoms with van der Waals surface area (Å²) in [4.78, 5) is 15.4. The van der Waals surface area contributed by atoms with Gasteiger partial charge >= 0.3 is 6.09 Å². The lowest BCUT2D eigenvalue weighted by atomic mass is 10.2. The molecule has 6 nitrogen and oxygen atoms in total. The van der Waals surface area contributed by atoms with Crippen LogP contribution in [0.25, 0.3) is 0 Å². The Morgan fingerprint density at radius 1 is 1.35 bits per heavy atom. The Bertz CT molecular complexity index is 273. The predicted octanol–water partition coefficient (Wildman–Crippen LogP) is 1.00. The predicted molar refractivity (Wildman–Crippen MR) is 64.5 cm³/mol. The van der Waals surface area contributed by atoms with Gasteiger partial charge in [-0.15, -0.1) is 0 Å². The second-order valence-corrected chi connectivity index (χ2v) is 4.11. The fraction of sp³-hybridized carbons (Fsp3) is 0.818. The van der Waals surface area contributed by atoms with Crippen molar-refractivity contribution in [1.29, 1.82) is 0 Å². The van der Waals surface area contributed by atoms with E-state index < -0.39 is 0 Å². The maximum Gasteiger partial charge on any atom is 0.409 e. The molecule has 6 heteroatoms. The summed E-state index contributed by atoms with van der Waals surface area (Å²) in [5, 5.41) is 11.7. The number of ether oxygens (including phenoxy) is 1. The van der Waals surface area contributed by atoms with Crippen LogP contribution < -0.4 is 0 Å². The number of hydrogen-bond donors (Lipinski definition) is 1. The topological polar surface area (TPSA) is 65.4 Å². The van der Waals surface area contributed by atoms with Crippen molar-refractivity contribution in [2.45, 2.75) is 20.3 Å². The van der Waals surface area contributed by atoms with E-state index in [1.54, 1.807) is 11.8 Å². The molecule has 0 aliphatic carbocycles. The Kier molecular flexibility index (Phi) is 5.76. The standard InChI is InChI=1S/C11H21N3O3/c1-3-17-11(15)14-8-6-13(7-9-14)5-4-10(2)12-16/h16H,3-9H2,1-2H3. The number of amides is 1. The lowest BCUT2D eigenvalue weighted by Gasteiger charge is -2.33. The van der Waals surface area contributed by atoms with E-state index in [9.17, 15) is 4.79 Å². The van der Waals surface area contributed by atoms with Gasteiger partial charge in [0.05, 0.1) is 12.3 Å². The highest BCUT2D eigenvalue weighted by atomic mass is 16.6. The van der Waals surface area contributed by atoms with E-state index in [0.717, 1.165) is 31.8 Å². The van der Waals surface area contributed by atoms with Gasteiger partial charge < -0.3 is 14.8 Å².